The standard InChI is InChI=1S/C24H32N8OS/c1-17-15-27-23(29-19-8-9-21(26-16-19)32-12-10-25-11-13-32)30-22(17)28-18-6-5-7-20(14-18)34(33)31-24(2,3)4/h5-9,14-16,25,31H,10-13H2,1-4H3,(H2,27,28,29,30). The van der Waals surface area contributed by atoms with Crippen molar-refractivity contribution in [3.05, 3.63) is 54.4 Å². The Bertz CT molecular complexity index is 1100. The Kier molecular flexibility index (Phi) is 7.52. The molecule has 34 heavy (non-hydrogen) atoms. The number of anilines is 5. The van der Waals surface area contributed by atoms with Gasteiger partial charge in [0.05, 0.1) is 28.8 Å². The maximum atomic E-state index is 12.6. The minimum Gasteiger partial charge on any atom is -0.593 e. The molecule has 1 atom stereocenters. The third kappa shape index (κ3) is 6.57. The third-order valence-corrected chi connectivity index (χ3v) is 6.61. The van der Waals surface area contributed by atoms with Crippen LogP contribution < -0.4 is 25.6 Å². The summed E-state index contributed by atoms with van der Waals surface area (Å²) in [5, 5.41) is 9.91. The molecule has 10 heteroatoms. The van der Waals surface area contributed by atoms with Crippen LogP contribution in [0.2, 0.25) is 0 Å². The first-order valence-electron chi connectivity index (χ1n) is 11.4. The van der Waals surface area contributed by atoms with Gasteiger partial charge >= 0.3 is 0 Å². The van der Waals surface area contributed by atoms with Crippen LogP contribution >= 0.6 is 0 Å². The average molecular weight is 481 g/mol. The van der Waals surface area contributed by atoms with Gasteiger partial charge in [-0.3, -0.25) is 0 Å². The first kappa shape index (κ1) is 24.2. The highest BCUT2D eigenvalue weighted by molar-refractivity contribution is 7.89. The molecule has 1 unspecified atom stereocenters. The lowest BCUT2D eigenvalue weighted by atomic mass is 10.1. The molecule has 3 aromatic rings. The van der Waals surface area contributed by atoms with Crippen LogP contribution in [0, 0.1) is 6.92 Å². The topological polar surface area (TPSA) is 113 Å². The molecular formula is C24H32N8OS. The quantitative estimate of drug-likeness (QED) is 0.377. The van der Waals surface area contributed by atoms with E-state index in [2.05, 4.69) is 40.5 Å². The number of hydrogen-bond donors (Lipinski definition) is 4. The van der Waals surface area contributed by atoms with Crippen LogP contribution in [0.4, 0.5) is 29.0 Å². The van der Waals surface area contributed by atoms with E-state index in [0.717, 1.165) is 48.9 Å². The number of nitrogens with one attached hydrogen (secondary N) is 4. The minimum absolute atomic E-state index is 0.254. The number of piperazine rings is 1. The summed E-state index contributed by atoms with van der Waals surface area (Å²) >= 11 is -1.31. The molecule has 1 aliphatic rings. The zero-order valence-electron chi connectivity index (χ0n) is 20.1. The monoisotopic (exact) mass is 480 g/mol. The molecule has 4 N–H and O–H groups in total. The molecule has 0 amide bonds. The van der Waals surface area contributed by atoms with Gasteiger partial charge in [0.1, 0.15) is 11.6 Å². The lowest BCUT2D eigenvalue weighted by Gasteiger charge is -2.28. The van der Waals surface area contributed by atoms with Crippen LogP contribution in [-0.2, 0) is 11.4 Å². The van der Waals surface area contributed by atoms with Crippen molar-refractivity contribution < 1.29 is 4.55 Å². The minimum atomic E-state index is -1.31. The largest absolute Gasteiger partial charge is 0.593 e. The Morgan fingerprint density at radius 2 is 1.79 bits per heavy atom. The Labute approximate surface area is 204 Å². The Morgan fingerprint density at radius 3 is 2.50 bits per heavy atom. The average Bonchev–Trinajstić information content (AvgIpc) is 2.81. The fourth-order valence-corrected chi connectivity index (χ4v) is 4.57. The van der Waals surface area contributed by atoms with Crippen LogP contribution in [0.5, 0.6) is 0 Å². The first-order chi connectivity index (χ1) is 16.3. The highest BCUT2D eigenvalue weighted by atomic mass is 32.2. The van der Waals surface area contributed by atoms with Crippen LogP contribution in [0.15, 0.2) is 53.7 Å². The molecule has 1 aromatic carbocycles. The van der Waals surface area contributed by atoms with E-state index in [1.807, 2.05) is 64.1 Å². The lowest BCUT2D eigenvalue weighted by Crippen LogP contribution is -2.43. The summed E-state index contributed by atoms with van der Waals surface area (Å²) in [4.78, 5) is 16.6. The van der Waals surface area contributed by atoms with Gasteiger partial charge in [-0.05, 0) is 52.0 Å². The number of benzene rings is 1. The number of pyridine rings is 1. The predicted octanol–water partition coefficient (Wildman–Crippen LogP) is 3.49. The number of aromatic nitrogens is 3. The van der Waals surface area contributed by atoms with E-state index in [9.17, 15) is 4.55 Å². The molecule has 0 bridgehead atoms. The summed E-state index contributed by atoms with van der Waals surface area (Å²) in [6, 6.07) is 11.5. The van der Waals surface area contributed by atoms with E-state index in [-0.39, 0.29) is 5.54 Å². The number of hydrogen-bond acceptors (Lipinski definition) is 9. The van der Waals surface area contributed by atoms with Crippen molar-refractivity contribution in [1.29, 1.82) is 0 Å². The highest BCUT2D eigenvalue weighted by Crippen LogP contribution is 2.24. The van der Waals surface area contributed by atoms with Crippen LogP contribution in [0.25, 0.3) is 0 Å². The molecule has 0 spiro atoms. The number of rotatable bonds is 7. The normalized spacial score (nSPS) is 15.1. The molecule has 4 rings (SSSR count). The second kappa shape index (κ2) is 10.6. The second-order valence-corrected chi connectivity index (χ2v) is 10.5. The third-order valence-electron chi connectivity index (χ3n) is 5.13. The van der Waals surface area contributed by atoms with Crippen LogP contribution in [0.3, 0.4) is 0 Å². The van der Waals surface area contributed by atoms with Gasteiger partial charge in [0.25, 0.3) is 0 Å². The molecule has 3 heterocycles. The molecule has 1 saturated heterocycles. The van der Waals surface area contributed by atoms with Gasteiger partial charge in [-0.2, -0.15) is 4.98 Å². The Morgan fingerprint density at radius 1 is 1.00 bits per heavy atom. The smallest absolute Gasteiger partial charge is 0.229 e. The van der Waals surface area contributed by atoms with Crippen molar-refractivity contribution in [1.82, 2.24) is 25.0 Å². The summed E-state index contributed by atoms with van der Waals surface area (Å²) in [6.07, 6.45) is 3.57. The van der Waals surface area contributed by atoms with Crippen molar-refractivity contribution in [2.45, 2.75) is 38.1 Å². The van der Waals surface area contributed by atoms with Gasteiger partial charge in [-0.15, -0.1) is 4.72 Å². The van der Waals surface area contributed by atoms with Crippen LogP contribution in [-0.4, -0.2) is 51.2 Å². The van der Waals surface area contributed by atoms with Crippen molar-refractivity contribution in [3.8, 4) is 0 Å². The number of nitrogens with zero attached hydrogens (tertiary/aromatic N) is 4. The van der Waals surface area contributed by atoms with Gasteiger partial charge in [-0.1, -0.05) is 6.07 Å². The van der Waals surface area contributed by atoms with E-state index in [4.69, 9.17) is 0 Å². The zero-order chi connectivity index (χ0) is 24.1. The maximum Gasteiger partial charge on any atom is 0.229 e. The highest BCUT2D eigenvalue weighted by Gasteiger charge is 2.21. The van der Waals surface area contributed by atoms with Crippen molar-refractivity contribution in [3.63, 3.8) is 0 Å². The summed E-state index contributed by atoms with van der Waals surface area (Å²) in [7, 11) is 0. The van der Waals surface area contributed by atoms with Crippen molar-refractivity contribution in [2.24, 2.45) is 0 Å². The first-order valence-corrected chi connectivity index (χ1v) is 12.5. The van der Waals surface area contributed by atoms with E-state index in [1.54, 1.807) is 12.4 Å². The molecular weight excluding hydrogens is 448 g/mol. The summed E-state index contributed by atoms with van der Waals surface area (Å²) in [5.41, 5.74) is 2.27. The van der Waals surface area contributed by atoms with Crippen LogP contribution in [0.1, 0.15) is 26.3 Å². The molecule has 2 aromatic heterocycles. The molecule has 0 saturated carbocycles. The SMILES string of the molecule is Cc1cnc(Nc2ccc(N3CCNCC3)nc2)nc1Nc1cccc([S+]([O-])NC(C)(C)C)c1. The Balaban J connectivity index is 1.45. The van der Waals surface area contributed by atoms with Crippen molar-refractivity contribution in [2.75, 3.05) is 41.7 Å². The Hall–Kier alpha value is -2.92. The molecule has 0 radical (unpaired) electrons. The summed E-state index contributed by atoms with van der Waals surface area (Å²) in [6.45, 7) is 11.8. The molecule has 1 fully saturated rings. The summed E-state index contributed by atoms with van der Waals surface area (Å²) < 4.78 is 15.7. The zero-order valence-corrected chi connectivity index (χ0v) is 20.9. The fourth-order valence-electron chi connectivity index (χ4n) is 3.46. The fraction of sp³-hybridized carbons (Fsp3) is 0.375. The second-order valence-electron chi connectivity index (χ2n) is 9.27. The molecule has 1 aliphatic heterocycles. The molecule has 0 aliphatic carbocycles. The predicted molar refractivity (Wildman–Crippen MR) is 138 cm³/mol. The van der Waals surface area contributed by atoms with E-state index in [0.29, 0.717) is 16.7 Å². The van der Waals surface area contributed by atoms with Gasteiger partial charge in [0, 0.05) is 49.7 Å². The maximum absolute atomic E-state index is 12.6. The van der Waals surface area contributed by atoms with Crippen molar-refractivity contribution >= 4 is 40.3 Å². The van der Waals surface area contributed by atoms with E-state index >= 15 is 0 Å². The molecule has 9 nitrogen and oxygen atoms in total. The van der Waals surface area contributed by atoms with Gasteiger partial charge in [-0.25, -0.2) is 9.97 Å². The van der Waals surface area contributed by atoms with E-state index in [1.165, 1.54) is 0 Å². The summed E-state index contributed by atoms with van der Waals surface area (Å²) in [5.74, 6) is 2.12. The van der Waals surface area contributed by atoms with Gasteiger partial charge < -0.3 is 25.4 Å². The number of aryl methyl sites for hydroxylation is 1. The van der Waals surface area contributed by atoms with Gasteiger partial charge in [0.2, 0.25) is 5.95 Å². The lowest BCUT2D eigenvalue weighted by molar-refractivity contribution is 0.491. The molecule has 180 valence electrons. The van der Waals surface area contributed by atoms with E-state index < -0.39 is 11.4 Å². The van der Waals surface area contributed by atoms with Gasteiger partial charge in [0.15, 0.2) is 4.90 Å².